The minimum Gasteiger partial charge on any atom is -0.490 e. The third-order valence-corrected chi connectivity index (χ3v) is 4.61. The van der Waals surface area contributed by atoms with Gasteiger partial charge in [0, 0.05) is 19.5 Å². The van der Waals surface area contributed by atoms with Gasteiger partial charge in [0.25, 0.3) is 0 Å². The Labute approximate surface area is 166 Å². The van der Waals surface area contributed by atoms with Gasteiger partial charge in [-0.25, -0.2) is 4.39 Å². The number of nitrogens with one attached hydrogen (secondary N) is 2. The number of nitrogens with zero attached hydrogens (tertiary/aromatic N) is 1. The molecule has 1 atom stereocenters. The molecule has 2 N–H and O–H groups in total. The van der Waals surface area contributed by atoms with Crippen LogP contribution in [0.1, 0.15) is 57.6 Å². The minimum atomic E-state index is -0.337. The molecule has 1 aliphatic carbocycles. The van der Waals surface area contributed by atoms with Crippen LogP contribution in [0.15, 0.2) is 23.2 Å². The first kappa shape index (κ1) is 22.0. The first-order chi connectivity index (χ1) is 13.5. The van der Waals surface area contributed by atoms with Gasteiger partial charge in [-0.2, -0.15) is 0 Å². The molecule has 156 valence electrons. The Kier molecular flexibility index (Phi) is 9.04. The van der Waals surface area contributed by atoms with Crippen molar-refractivity contribution in [1.82, 2.24) is 10.6 Å². The van der Waals surface area contributed by atoms with Gasteiger partial charge >= 0.3 is 5.97 Å². The van der Waals surface area contributed by atoms with Gasteiger partial charge in [0.15, 0.2) is 17.5 Å². The summed E-state index contributed by atoms with van der Waals surface area (Å²) in [6.45, 7) is 5.87. The number of benzene rings is 1. The lowest BCUT2D eigenvalue weighted by molar-refractivity contribution is -0.140. The lowest BCUT2D eigenvalue weighted by Crippen LogP contribution is -2.38. The van der Waals surface area contributed by atoms with Crippen molar-refractivity contribution in [1.29, 1.82) is 0 Å². The average molecular weight is 394 g/mol. The van der Waals surface area contributed by atoms with Crippen LogP contribution in [0.3, 0.4) is 0 Å². The topological polar surface area (TPSA) is 72.0 Å². The molecular weight excluding hydrogens is 361 g/mol. The molecule has 0 aromatic heterocycles. The van der Waals surface area contributed by atoms with Crippen molar-refractivity contribution >= 4 is 11.9 Å². The SMILES string of the molecule is CCNC(=NCCCCC(=O)OC)NC(C)c1ccc(OCC2CC2)c(F)c1. The zero-order chi connectivity index (χ0) is 20.4. The van der Waals surface area contributed by atoms with E-state index in [1.807, 2.05) is 19.9 Å². The second-order valence-corrected chi connectivity index (χ2v) is 7.10. The van der Waals surface area contributed by atoms with Crippen molar-refractivity contribution in [2.45, 2.75) is 52.0 Å². The van der Waals surface area contributed by atoms with E-state index in [2.05, 4.69) is 20.4 Å². The summed E-state index contributed by atoms with van der Waals surface area (Å²) in [4.78, 5) is 15.6. The summed E-state index contributed by atoms with van der Waals surface area (Å²) in [7, 11) is 1.39. The number of halogens is 1. The summed E-state index contributed by atoms with van der Waals surface area (Å²) in [5.41, 5.74) is 0.826. The van der Waals surface area contributed by atoms with E-state index in [1.165, 1.54) is 26.0 Å². The Bertz CT molecular complexity index is 662. The summed E-state index contributed by atoms with van der Waals surface area (Å²) in [6.07, 6.45) is 4.28. The molecule has 0 amide bonds. The molecule has 2 rings (SSSR count). The molecule has 0 saturated heterocycles. The number of hydrogen-bond donors (Lipinski definition) is 2. The number of ether oxygens (including phenoxy) is 2. The maximum atomic E-state index is 14.3. The monoisotopic (exact) mass is 393 g/mol. The molecule has 0 spiro atoms. The maximum Gasteiger partial charge on any atom is 0.305 e. The molecule has 1 aliphatic rings. The number of hydrogen-bond acceptors (Lipinski definition) is 4. The van der Waals surface area contributed by atoms with Gasteiger partial charge in [-0.1, -0.05) is 6.07 Å². The van der Waals surface area contributed by atoms with Crippen LogP contribution in [-0.4, -0.2) is 38.7 Å². The normalized spacial score (nSPS) is 15.1. The van der Waals surface area contributed by atoms with Gasteiger partial charge < -0.3 is 20.1 Å². The molecule has 1 aromatic rings. The molecular formula is C21H32FN3O3. The number of esters is 1. The van der Waals surface area contributed by atoms with E-state index in [1.54, 1.807) is 6.07 Å². The van der Waals surface area contributed by atoms with E-state index in [-0.39, 0.29) is 17.8 Å². The number of carbonyl (C=O) groups is 1. The fraction of sp³-hybridized carbons (Fsp3) is 0.619. The zero-order valence-electron chi connectivity index (χ0n) is 17.1. The Morgan fingerprint density at radius 3 is 2.79 bits per heavy atom. The van der Waals surface area contributed by atoms with Crippen molar-refractivity contribution in [3.8, 4) is 5.75 Å². The summed E-state index contributed by atoms with van der Waals surface area (Å²) in [6, 6.07) is 4.98. The Balaban J connectivity index is 1.85. The third-order valence-electron chi connectivity index (χ3n) is 4.61. The fourth-order valence-electron chi connectivity index (χ4n) is 2.68. The van der Waals surface area contributed by atoms with Crippen LogP contribution in [0.2, 0.25) is 0 Å². The zero-order valence-corrected chi connectivity index (χ0v) is 17.1. The molecule has 28 heavy (non-hydrogen) atoms. The summed E-state index contributed by atoms with van der Waals surface area (Å²) in [5.74, 6) is 1.04. The molecule has 1 fully saturated rings. The Hall–Kier alpha value is -2.31. The van der Waals surface area contributed by atoms with Gasteiger partial charge in [-0.3, -0.25) is 9.79 Å². The molecule has 6 nitrogen and oxygen atoms in total. The first-order valence-corrected chi connectivity index (χ1v) is 10.1. The number of methoxy groups -OCH3 is 1. The average Bonchev–Trinajstić information content (AvgIpc) is 3.51. The van der Waals surface area contributed by atoms with Crippen LogP contribution in [0.5, 0.6) is 5.75 Å². The van der Waals surface area contributed by atoms with E-state index >= 15 is 0 Å². The van der Waals surface area contributed by atoms with Crippen molar-refractivity contribution < 1.29 is 18.7 Å². The predicted octanol–water partition coefficient (Wildman–Crippen LogP) is 3.57. The molecule has 0 radical (unpaired) electrons. The summed E-state index contributed by atoms with van der Waals surface area (Å²) >= 11 is 0. The second kappa shape index (κ2) is 11.5. The minimum absolute atomic E-state index is 0.111. The van der Waals surface area contributed by atoms with Gasteiger partial charge in [0.1, 0.15) is 0 Å². The maximum absolute atomic E-state index is 14.3. The van der Waals surface area contributed by atoms with Crippen LogP contribution >= 0.6 is 0 Å². The van der Waals surface area contributed by atoms with Gasteiger partial charge in [0.05, 0.1) is 19.8 Å². The Morgan fingerprint density at radius 2 is 2.14 bits per heavy atom. The van der Waals surface area contributed by atoms with E-state index in [0.29, 0.717) is 37.2 Å². The predicted molar refractivity (Wildman–Crippen MR) is 108 cm³/mol. The third kappa shape index (κ3) is 7.74. The number of carbonyl (C=O) groups excluding carboxylic acids is 1. The highest BCUT2D eigenvalue weighted by molar-refractivity contribution is 5.80. The highest BCUT2D eigenvalue weighted by Crippen LogP contribution is 2.30. The highest BCUT2D eigenvalue weighted by Gasteiger charge is 2.22. The molecule has 1 unspecified atom stereocenters. The first-order valence-electron chi connectivity index (χ1n) is 10.1. The number of unbranched alkanes of at least 4 members (excludes halogenated alkanes) is 1. The van der Waals surface area contributed by atoms with E-state index < -0.39 is 0 Å². The fourth-order valence-corrected chi connectivity index (χ4v) is 2.68. The lowest BCUT2D eigenvalue weighted by atomic mass is 10.1. The number of guanidine groups is 1. The molecule has 1 saturated carbocycles. The molecule has 0 bridgehead atoms. The quantitative estimate of drug-likeness (QED) is 0.260. The van der Waals surface area contributed by atoms with Gasteiger partial charge in [-0.15, -0.1) is 0 Å². The molecule has 7 heteroatoms. The lowest BCUT2D eigenvalue weighted by Gasteiger charge is -2.19. The smallest absolute Gasteiger partial charge is 0.305 e. The van der Waals surface area contributed by atoms with E-state index in [4.69, 9.17) is 4.74 Å². The van der Waals surface area contributed by atoms with Crippen molar-refractivity contribution in [2.24, 2.45) is 10.9 Å². The molecule has 0 aliphatic heterocycles. The van der Waals surface area contributed by atoms with Crippen molar-refractivity contribution in [3.05, 3.63) is 29.6 Å². The van der Waals surface area contributed by atoms with Gasteiger partial charge in [-0.05, 0) is 63.1 Å². The number of aliphatic imine (C=N–C) groups is 1. The standard InChI is InChI=1S/C21H32FN3O3/c1-4-23-21(24-12-6-5-7-20(26)27-3)25-15(2)17-10-11-19(18(22)13-17)28-14-16-8-9-16/h10-11,13,15-16H,4-9,12,14H2,1-3H3,(H2,23,24,25). The summed E-state index contributed by atoms with van der Waals surface area (Å²) < 4.78 is 24.5. The second-order valence-electron chi connectivity index (χ2n) is 7.10. The molecule has 0 heterocycles. The van der Waals surface area contributed by atoms with Crippen LogP contribution < -0.4 is 15.4 Å². The van der Waals surface area contributed by atoms with Crippen LogP contribution in [0.25, 0.3) is 0 Å². The largest absolute Gasteiger partial charge is 0.490 e. The van der Waals surface area contributed by atoms with E-state index in [9.17, 15) is 9.18 Å². The highest BCUT2D eigenvalue weighted by atomic mass is 19.1. The van der Waals surface area contributed by atoms with Crippen LogP contribution in [0, 0.1) is 11.7 Å². The van der Waals surface area contributed by atoms with Gasteiger partial charge in [0.2, 0.25) is 0 Å². The van der Waals surface area contributed by atoms with Crippen molar-refractivity contribution in [2.75, 3.05) is 26.8 Å². The van der Waals surface area contributed by atoms with Crippen LogP contribution in [-0.2, 0) is 9.53 Å². The van der Waals surface area contributed by atoms with E-state index in [0.717, 1.165) is 24.9 Å². The number of rotatable bonds is 11. The summed E-state index contributed by atoms with van der Waals surface area (Å²) in [5, 5.41) is 6.48. The molecule has 1 aromatic carbocycles. The van der Waals surface area contributed by atoms with Crippen molar-refractivity contribution in [3.63, 3.8) is 0 Å². The van der Waals surface area contributed by atoms with Crippen LogP contribution in [0.4, 0.5) is 4.39 Å². The Morgan fingerprint density at radius 1 is 1.36 bits per heavy atom.